The number of carbonyl (C=O) groups excluding carboxylic acids is 2. The maximum absolute atomic E-state index is 12.3. The molecule has 9 heteroatoms. The first-order valence-corrected chi connectivity index (χ1v) is 10.6. The van der Waals surface area contributed by atoms with Crippen LogP contribution in [0.5, 0.6) is 5.75 Å². The molecular formula is C21H21ClN4O3S. The molecule has 156 valence electrons. The van der Waals surface area contributed by atoms with E-state index in [1.165, 1.54) is 18.7 Å². The number of methoxy groups -OCH3 is 1. The van der Waals surface area contributed by atoms with E-state index >= 15 is 0 Å². The normalized spacial score (nSPS) is 10.7. The summed E-state index contributed by atoms with van der Waals surface area (Å²) in [5.74, 6) is 1.24. The predicted molar refractivity (Wildman–Crippen MR) is 118 cm³/mol. The Balaban J connectivity index is 1.71. The van der Waals surface area contributed by atoms with Crippen LogP contribution in [0.1, 0.15) is 24.2 Å². The average Bonchev–Trinajstić information content (AvgIpc) is 3.15. The molecule has 0 radical (unpaired) electrons. The lowest BCUT2D eigenvalue weighted by Gasteiger charge is -2.11. The van der Waals surface area contributed by atoms with E-state index in [0.717, 1.165) is 5.56 Å². The first-order valence-electron chi connectivity index (χ1n) is 9.23. The van der Waals surface area contributed by atoms with Crippen LogP contribution in [0.4, 0.5) is 5.69 Å². The molecule has 0 aliphatic carbocycles. The second kappa shape index (κ2) is 9.77. The van der Waals surface area contributed by atoms with Gasteiger partial charge in [0.15, 0.2) is 16.8 Å². The summed E-state index contributed by atoms with van der Waals surface area (Å²) in [6, 6.07) is 12.1. The lowest BCUT2D eigenvalue weighted by molar-refractivity contribution is -0.113. The Morgan fingerprint density at radius 2 is 1.90 bits per heavy atom. The zero-order chi connectivity index (χ0) is 21.7. The molecular weight excluding hydrogens is 424 g/mol. The van der Waals surface area contributed by atoms with E-state index in [9.17, 15) is 9.59 Å². The van der Waals surface area contributed by atoms with Crippen LogP contribution in [0.2, 0.25) is 5.02 Å². The van der Waals surface area contributed by atoms with Gasteiger partial charge in [-0.25, -0.2) is 0 Å². The summed E-state index contributed by atoms with van der Waals surface area (Å²) in [6.45, 7) is 4.10. The van der Waals surface area contributed by atoms with Crippen molar-refractivity contribution in [2.45, 2.75) is 25.5 Å². The molecule has 0 spiro atoms. The number of aromatic nitrogens is 3. The number of rotatable bonds is 8. The van der Waals surface area contributed by atoms with Gasteiger partial charge in [0.05, 0.1) is 18.4 Å². The fraction of sp³-hybridized carbons (Fsp3) is 0.238. The summed E-state index contributed by atoms with van der Waals surface area (Å²) in [5, 5.41) is 12.5. The van der Waals surface area contributed by atoms with Gasteiger partial charge in [-0.1, -0.05) is 23.4 Å². The third-order valence-corrected chi connectivity index (χ3v) is 5.54. The number of Topliss-reactive ketones (excluding diaryl/α,β-unsaturated/α-hetero) is 1. The fourth-order valence-electron chi connectivity index (χ4n) is 2.85. The Morgan fingerprint density at radius 1 is 1.17 bits per heavy atom. The van der Waals surface area contributed by atoms with E-state index in [0.29, 0.717) is 39.5 Å². The van der Waals surface area contributed by atoms with E-state index in [-0.39, 0.29) is 17.4 Å². The molecule has 0 atom stereocenters. The molecule has 1 heterocycles. The molecule has 1 aromatic heterocycles. The Labute approximate surface area is 183 Å². The molecule has 0 saturated carbocycles. The van der Waals surface area contributed by atoms with Gasteiger partial charge < -0.3 is 14.6 Å². The summed E-state index contributed by atoms with van der Waals surface area (Å²) >= 11 is 7.43. The van der Waals surface area contributed by atoms with Gasteiger partial charge in [0.25, 0.3) is 0 Å². The van der Waals surface area contributed by atoms with E-state index in [4.69, 9.17) is 16.3 Å². The van der Waals surface area contributed by atoms with Gasteiger partial charge >= 0.3 is 0 Å². The van der Waals surface area contributed by atoms with Crippen LogP contribution in [0.15, 0.2) is 47.6 Å². The molecule has 2 aromatic carbocycles. The average molecular weight is 445 g/mol. The SMILES string of the molecule is CCn1c(SCC(=O)Nc2ccc(C(C)=O)cc2)nnc1-c1cc(Cl)ccc1OC. The maximum atomic E-state index is 12.3. The number of ketones is 1. The Morgan fingerprint density at radius 3 is 2.53 bits per heavy atom. The molecule has 1 N–H and O–H groups in total. The van der Waals surface area contributed by atoms with Crippen molar-refractivity contribution in [1.29, 1.82) is 0 Å². The lowest BCUT2D eigenvalue weighted by atomic mass is 10.1. The number of hydrogen-bond acceptors (Lipinski definition) is 6. The van der Waals surface area contributed by atoms with Crippen LogP contribution >= 0.6 is 23.4 Å². The summed E-state index contributed by atoms with van der Waals surface area (Å²) in [5.41, 5.74) is 1.97. The number of thioether (sulfide) groups is 1. The van der Waals surface area contributed by atoms with Crippen LogP contribution < -0.4 is 10.1 Å². The van der Waals surface area contributed by atoms with Crippen molar-refractivity contribution in [2.24, 2.45) is 0 Å². The third-order valence-electron chi connectivity index (χ3n) is 4.34. The zero-order valence-electron chi connectivity index (χ0n) is 16.8. The molecule has 0 aliphatic heterocycles. The fourth-order valence-corrected chi connectivity index (χ4v) is 3.82. The highest BCUT2D eigenvalue weighted by Gasteiger charge is 2.18. The minimum atomic E-state index is -0.178. The van der Waals surface area contributed by atoms with E-state index < -0.39 is 0 Å². The van der Waals surface area contributed by atoms with Crippen LogP contribution in [0, 0.1) is 0 Å². The number of amides is 1. The minimum Gasteiger partial charge on any atom is -0.496 e. The van der Waals surface area contributed by atoms with Crippen molar-refractivity contribution in [2.75, 3.05) is 18.2 Å². The molecule has 0 saturated heterocycles. The highest BCUT2D eigenvalue weighted by Crippen LogP contribution is 2.33. The summed E-state index contributed by atoms with van der Waals surface area (Å²) in [7, 11) is 1.59. The zero-order valence-corrected chi connectivity index (χ0v) is 18.4. The van der Waals surface area contributed by atoms with Gasteiger partial charge in [-0.2, -0.15) is 0 Å². The Bertz CT molecular complexity index is 1070. The number of halogens is 1. The minimum absolute atomic E-state index is 0.0190. The molecule has 7 nitrogen and oxygen atoms in total. The van der Waals surface area contributed by atoms with E-state index in [1.54, 1.807) is 49.6 Å². The summed E-state index contributed by atoms with van der Waals surface area (Å²) in [6.07, 6.45) is 0. The predicted octanol–water partition coefficient (Wildman–Crippen LogP) is 4.56. The van der Waals surface area contributed by atoms with Crippen molar-refractivity contribution < 1.29 is 14.3 Å². The van der Waals surface area contributed by atoms with Gasteiger partial charge in [0, 0.05) is 22.8 Å². The molecule has 1 amide bonds. The lowest BCUT2D eigenvalue weighted by Crippen LogP contribution is -2.14. The number of ether oxygens (including phenoxy) is 1. The largest absolute Gasteiger partial charge is 0.496 e. The quantitative estimate of drug-likeness (QED) is 0.405. The second-order valence-electron chi connectivity index (χ2n) is 6.37. The van der Waals surface area contributed by atoms with Gasteiger partial charge in [-0.3, -0.25) is 9.59 Å². The van der Waals surface area contributed by atoms with E-state index in [2.05, 4.69) is 15.5 Å². The first-order chi connectivity index (χ1) is 14.4. The first kappa shape index (κ1) is 21.9. The summed E-state index contributed by atoms with van der Waals surface area (Å²) in [4.78, 5) is 23.7. The van der Waals surface area contributed by atoms with Gasteiger partial charge in [-0.05, 0) is 56.3 Å². The van der Waals surface area contributed by atoms with Crippen molar-refractivity contribution in [3.63, 3.8) is 0 Å². The van der Waals surface area contributed by atoms with Gasteiger partial charge in [0.1, 0.15) is 5.75 Å². The summed E-state index contributed by atoms with van der Waals surface area (Å²) < 4.78 is 7.33. The number of benzene rings is 2. The number of anilines is 1. The molecule has 3 aromatic rings. The van der Waals surface area contributed by atoms with Crippen LogP contribution in [-0.4, -0.2) is 39.3 Å². The van der Waals surface area contributed by atoms with Crippen LogP contribution in [0.3, 0.4) is 0 Å². The molecule has 0 aliphatic rings. The third kappa shape index (κ3) is 5.01. The van der Waals surface area contributed by atoms with Crippen LogP contribution in [0.25, 0.3) is 11.4 Å². The molecule has 0 bridgehead atoms. The van der Waals surface area contributed by atoms with Gasteiger partial charge in [-0.15, -0.1) is 10.2 Å². The Hall–Kier alpha value is -2.84. The van der Waals surface area contributed by atoms with Crippen LogP contribution in [-0.2, 0) is 11.3 Å². The van der Waals surface area contributed by atoms with Crippen molar-refractivity contribution in [3.05, 3.63) is 53.1 Å². The topological polar surface area (TPSA) is 86.1 Å². The van der Waals surface area contributed by atoms with E-state index in [1.807, 2.05) is 11.5 Å². The van der Waals surface area contributed by atoms with Crippen molar-refractivity contribution in [3.8, 4) is 17.1 Å². The number of nitrogens with one attached hydrogen (secondary N) is 1. The number of hydrogen-bond donors (Lipinski definition) is 1. The molecule has 30 heavy (non-hydrogen) atoms. The Kier molecular flexibility index (Phi) is 7.12. The molecule has 3 rings (SSSR count). The molecule has 0 unspecified atom stereocenters. The van der Waals surface area contributed by atoms with Gasteiger partial charge in [0.2, 0.25) is 5.91 Å². The maximum Gasteiger partial charge on any atom is 0.234 e. The smallest absolute Gasteiger partial charge is 0.234 e. The van der Waals surface area contributed by atoms with Crippen molar-refractivity contribution >= 4 is 40.7 Å². The highest BCUT2D eigenvalue weighted by atomic mass is 35.5. The molecule has 0 fully saturated rings. The van der Waals surface area contributed by atoms with Crippen molar-refractivity contribution in [1.82, 2.24) is 14.8 Å². The standard InChI is InChI=1S/C21H21ClN4O3S/c1-4-26-20(17-11-15(22)7-10-18(17)29-3)24-25-21(26)30-12-19(28)23-16-8-5-14(6-9-16)13(2)27/h5-11H,4,12H2,1-3H3,(H,23,28). The number of carbonyl (C=O) groups is 2. The second-order valence-corrected chi connectivity index (χ2v) is 7.74. The number of nitrogens with zero attached hydrogens (tertiary/aromatic N) is 3. The highest BCUT2D eigenvalue weighted by molar-refractivity contribution is 7.99. The monoisotopic (exact) mass is 444 g/mol.